The Balaban J connectivity index is 2.16. The van der Waals surface area contributed by atoms with Gasteiger partial charge in [-0.3, -0.25) is 0 Å². The third-order valence-electron chi connectivity index (χ3n) is 2.85. The van der Waals surface area contributed by atoms with Gasteiger partial charge in [0.25, 0.3) is 0 Å². The molecule has 0 saturated heterocycles. The van der Waals surface area contributed by atoms with Crippen LogP contribution in [0.4, 0.5) is 10.1 Å². The van der Waals surface area contributed by atoms with Crippen LogP contribution in [-0.2, 0) is 6.54 Å². The molecule has 0 amide bonds. The average Bonchev–Trinajstić information content (AvgIpc) is 2.68. The molecule has 0 aliphatic rings. The van der Waals surface area contributed by atoms with Crippen LogP contribution in [0.3, 0.4) is 0 Å². The smallest absolute Gasteiger partial charge is 0.338 e. The number of rotatable bonds is 4. The van der Waals surface area contributed by atoms with Gasteiger partial charge in [-0.2, -0.15) is 0 Å². The zero-order chi connectivity index (χ0) is 14.0. The number of benzene rings is 1. The van der Waals surface area contributed by atoms with Crippen molar-refractivity contribution >= 4 is 11.7 Å². The minimum Gasteiger partial charge on any atom is -0.478 e. The quantitative estimate of drug-likeness (QED) is 0.888. The highest BCUT2D eigenvalue weighted by atomic mass is 19.1. The van der Waals surface area contributed by atoms with Crippen molar-refractivity contribution in [3.63, 3.8) is 0 Å². The minimum atomic E-state index is -1.29. The number of carboxylic acids is 1. The van der Waals surface area contributed by atoms with E-state index in [9.17, 15) is 9.18 Å². The van der Waals surface area contributed by atoms with Crippen LogP contribution in [0, 0.1) is 19.7 Å². The monoisotopic (exact) mass is 264 g/mol. The fourth-order valence-electron chi connectivity index (χ4n) is 1.74. The molecule has 0 fully saturated rings. The highest BCUT2D eigenvalue weighted by Gasteiger charge is 2.12. The standard InChI is InChI=1S/C13H13FN2O3/c1-7-11(8(2)19-16-7)6-15-9-3-4-12(14)10(5-9)13(17)18/h3-5,15H,6H2,1-2H3,(H,17,18). The molecule has 0 aliphatic carbocycles. The largest absolute Gasteiger partial charge is 0.478 e. The first kappa shape index (κ1) is 13.1. The summed E-state index contributed by atoms with van der Waals surface area (Å²) >= 11 is 0. The number of nitrogens with one attached hydrogen (secondary N) is 1. The molecule has 2 N–H and O–H groups in total. The summed E-state index contributed by atoms with van der Waals surface area (Å²) in [5.74, 6) is -1.35. The molecule has 0 spiro atoms. The number of halogens is 1. The molecule has 0 atom stereocenters. The molecule has 2 rings (SSSR count). The molecule has 1 heterocycles. The first-order valence-electron chi connectivity index (χ1n) is 5.67. The van der Waals surface area contributed by atoms with E-state index in [2.05, 4.69) is 10.5 Å². The first-order chi connectivity index (χ1) is 8.99. The molecule has 0 unspecified atom stereocenters. The van der Waals surface area contributed by atoms with E-state index in [1.807, 2.05) is 6.92 Å². The van der Waals surface area contributed by atoms with Crippen LogP contribution in [-0.4, -0.2) is 16.2 Å². The van der Waals surface area contributed by atoms with Gasteiger partial charge >= 0.3 is 5.97 Å². The maximum Gasteiger partial charge on any atom is 0.338 e. The highest BCUT2D eigenvalue weighted by Crippen LogP contribution is 2.18. The van der Waals surface area contributed by atoms with Crippen molar-refractivity contribution in [1.82, 2.24) is 5.16 Å². The summed E-state index contributed by atoms with van der Waals surface area (Å²) in [4.78, 5) is 10.8. The Kier molecular flexibility index (Phi) is 3.50. The Morgan fingerprint density at radius 3 is 2.79 bits per heavy atom. The van der Waals surface area contributed by atoms with Gasteiger partial charge in [0.1, 0.15) is 11.6 Å². The molecule has 5 nitrogen and oxygen atoms in total. The predicted molar refractivity (Wildman–Crippen MR) is 66.7 cm³/mol. The van der Waals surface area contributed by atoms with Crippen molar-refractivity contribution in [2.45, 2.75) is 20.4 Å². The molecule has 0 saturated carbocycles. The van der Waals surface area contributed by atoms with Gasteiger partial charge in [0, 0.05) is 17.8 Å². The topological polar surface area (TPSA) is 75.4 Å². The van der Waals surface area contributed by atoms with Crippen molar-refractivity contribution in [2.24, 2.45) is 0 Å². The molecule has 19 heavy (non-hydrogen) atoms. The summed E-state index contributed by atoms with van der Waals surface area (Å²) in [6, 6.07) is 3.87. The summed E-state index contributed by atoms with van der Waals surface area (Å²) in [5.41, 5.74) is 1.84. The van der Waals surface area contributed by atoms with Gasteiger partial charge in [0.2, 0.25) is 0 Å². The maximum absolute atomic E-state index is 13.2. The van der Waals surface area contributed by atoms with Gasteiger partial charge < -0.3 is 14.9 Å². The van der Waals surface area contributed by atoms with Gasteiger partial charge in [0.15, 0.2) is 0 Å². The molecule has 6 heteroatoms. The fourth-order valence-corrected chi connectivity index (χ4v) is 1.74. The van der Waals surface area contributed by atoms with E-state index in [0.29, 0.717) is 18.0 Å². The van der Waals surface area contributed by atoms with Gasteiger partial charge in [0.05, 0.1) is 11.3 Å². The van der Waals surface area contributed by atoms with E-state index in [-0.39, 0.29) is 5.56 Å². The second-order valence-corrected chi connectivity index (χ2v) is 4.16. The molecule has 2 aromatic rings. The minimum absolute atomic E-state index is 0.358. The summed E-state index contributed by atoms with van der Waals surface area (Å²) in [7, 11) is 0. The summed E-state index contributed by atoms with van der Waals surface area (Å²) in [6.07, 6.45) is 0. The van der Waals surface area contributed by atoms with E-state index in [4.69, 9.17) is 9.63 Å². The van der Waals surface area contributed by atoms with Crippen molar-refractivity contribution in [2.75, 3.05) is 5.32 Å². The molecular formula is C13H13FN2O3. The number of anilines is 1. The molecule has 0 bridgehead atoms. The highest BCUT2D eigenvalue weighted by molar-refractivity contribution is 5.89. The Hall–Kier alpha value is -2.37. The summed E-state index contributed by atoms with van der Waals surface area (Å²) < 4.78 is 18.2. The van der Waals surface area contributed by atoms with Crippen LogP contribution in [0.15, 0.2) is 22.7 Å². The number of aryl methyl sites for hydroxylation is 2. The lowest BCUT2D eigenvalue weighted by atomic mass is 10.1. The lowest BCUT2D eigenvalue weighted by molar-refractivity contribution is 0.0692. The zero-order valence-electron chi connectivity index (χ0n) is 10.5. The summed E-state index contributed by atoms with van der Waals surface area (Å²) in [6.45, 7) is 4.05. The number of hydrogen-bond acceptors (Lipinski definition) is 4. The molecule has 100 valence electrons. The molecule has 1 aromatic heterocycles. The van der Waals surface area contributed by atoms with E-state index in [0.717, 1.165) is 17.3 Å². The van der Waals surface area contributed by atoms with Gasteiger partial charge in [-0.25, -0.2) is 9.18 Å². The molecule has 0 aliphatic heterocycles. The van der Waals surface area contributed by atoms with Crippen LogP contribution in [0.5, 0.6) is 0 Å². The van der Waals surface area contributed by atoms with Gasteiger partial charge in [-0.1, -0.05) is 5.16 Å². The number of nitrogens with zero attached hydrogens (tertiary/aromatic N) is 1. The van der Waals surface area contributed by atoms with Crippen LogP contribution in [0.1, 0.15) is 27.4 Å². The molecule has 1 aromatic carbocycles. The second kappa shape index (κ2) is 5.09. The number of carbonyl (C=O) groups is 1. The Bertz CT molecular complexity index is 603. The van der Waals surface area contributed by atoms with Crippen LogP contribution in [0.25, 0.3) is 0 Å². The van der Waals surface area contributed by atoms with E-state index < -0.39 is 11.8 Å². The van der Waals surface area contributed by atoms with Gasteiger partial charge in [-0.15, -0.1) is 0 Å². The van der Waals surface area contributed by atoms with E-state index in [1.165, 1.54) is 12.1 Å². The number of carboxylic acid groups (broad SMARTS) is 1. The molecule has 0 radical (unpaired) electrons. The number of aromatic carboxylic acids is 1. The molecular weight excluding hydrogens is 251 g/mol. The normalized spacial score (nSPS) is 10.5. The van der Waals surface area contributed by atoms with Crippen LogP contribution >= 0.6 is 0 Å². The van der Waals surface area contributed by atoms with Crippen molar-refractivity contribution < 1.29 is 18.8 Å². The zero-order valence-corrected chi connectivity index (χ0v) is 10.5. The van der Waals surface area contributed by atoms with Crippen molar-refractivity contribution in [3.05, 3.63) is 46.6 Å². The van der Waals surface area contributed by atoms with E-state index in [1.54, 1.807) is 6.92 Å². The fraction of sp³-hybridized carbons (Fsp3) is 0.231. The maximum atomic E-state index is 13.2. The summed E-state index contributed by atoms with van der Waals surface area (Å²) in [5, 5.41) is 15.7. The van der Waals surface area contributed by atoms with E-state index >= 15 is 0 Å². The Morgan fingerprint density at radius 2 is 2.21 bits per heavy atom. The van der Waals surface area contributed by atoms with Gasteiger partial charge in [-0.05, 0) is 32.0 Å². The van der Waals surface area contributed by atoms with Crippen LogP contribution < -0.4 is 5.32 Å². The average molecular weight is 264 g/mol. The van der Waals surface area contributed by atoms with Crippen molar-refractivity contribution in [3.8, 4) is 0 Å². The third-order valence-corrected chi connectivity index (χ3v) is 2.85. The lowest BCUT2D eigenvalue weighted by Crippen LogP contribution is -2.05. The Labute approximate surface area is 109 Å². The lowest BCUT2D eigenvalue weighted by Gasteiger charge is -2.07. The number of hydrogen-bond donors (Lipinski definition) is 2. The Morgan fingerprint density at radius 1 is 1.47 bits per heavy atom. The number of aromatic nitrogens is 1. The first-order valence-corrected chi connectivity index (χ1v) is 5.67. The van der Waals surface area contributed by atoms with Crippen LogP contribution in [0.2, 0.25) is 0 Å². The third kappa shape index (κ3) is 2.73. The SMILES string of the molecule is Cc1noc(C)c1CNc1ccc(F)c(C(=O)O)c1. The second-order valence-electron chi connectivity index (χ2n) is 4.16. The predicted octanol–water partition coefficient (Wildman–Crippen LogP) is 2.74. The van der Waals surface area contributed by atoms with Crippen molar-refractivity contribution in [1.29, 1.82) is 0 Å².